The summed E-state index contributed by atoms with van der Waals surface area (Å²) in [5.74, 6) is 0.429. The van der Waals surface area contributed by atoms with Crippen molar-refractivity contribution in [1.82, 2.24) is 0 Å². The number of rotatable bonds is 8. The second-order valence-corrected chi connectivity index (χ2v) is 4.32. The molecule has 1 rings (SSSR count). The standard InChI is InChI=1S/C14H21N3O/c15-14(16)17-10-6-2-5-9-13(18)11-12-7-3-1-4-8-12/h1,3-4,7-8H,2,5-6,9-11H2,(H4,15,16,17). The Morgan fingerprint density at radius 3 is 2.44 bits per heavy atom. The molecule has 0 spiro atoms. The van der Waals surface area contributed by atoms with E-state index in [1.54, 1.807) is 0 Å². The Hall–Kier alpha value is -1.84. The van der Waals surface area contributed by atoms with Crippen LogP contribution in [0.25, 0.3) is 0 Å². The Kier molecular flexibility index (Phi) is 6.54. The lowest BCUT2D eigenvalue weighted by atomic mass is 10.0. The van der Waals surface area contributed by atoms with E-state index in [9.17, 15) is 4.79 Å². The fourth-order valence-electron chi connectivity index (χ4n) is 1.73. The Balaban J connectivity index is 2.09. The van der Waals surface area contributed by atoms with Crippen molar-refractivity contribution in [3.63, 3.8) is 0 Å². The molecule has 0 aromatic heterocycles. The highest BCUT2D eigenvalue weighted by Gasteiger charge is 2.02. The summed E-state index contributed by atoms with van der Waals surface area (Å²) >= 11 is 0. The zero-order valence-corrected chi connectivity index (χ0v) is 10.6. The molecule has 4 heteroatoms. The Bertz CT molecular complexity index is 383. The van der Waals surface area contributed by atoms with Crippen molar-refractivity contribution < 1.29 is 4.79 Å². The zero-order chi connectivity index (χ0) is 13.2. The SMILES string of the molecule is NC(N)=NCCCCCC(=O)Cc1ccccc1. The van der Waals surface area contributed by atoms with E-state index in [2.05, 4.69) is 4.99 Å². The third-order valence-electron chi connectivity index (χ3n) is 2.65. The summed E-state index contributed by atoms with van der Waals surface area (Å²) < 4.78 is 0. The molecule has 0 saturated heterocycles. The van der Waals surface area contributed by atoms with Crippen LogP contribution in [0.1, 0.15) is 31.2 Å². The molecule has 1 aromatic rings. The number of hydrogen-bond donors (Lipinski definition) is 2. The van der Waals surface area contributed by atoms with E-state index in [1.165, 1.54) is 0 Å². The summed E-state index contributed by atoms with van der Waals surface area (Å²) in [7, 11) is 0. The van der Waals surface area contributed by atoms with Crippen LogP contribution in [0.15, 0.2) is 35.3 Å². The molecular weight excluding hydrogens is 226 g/mol. The normalized spacial score (nSPS) is 10.0. The number of guanidine groups is 1. The van der Waals surface area contributed by atoms with Gasteiger partial charge in [-0.15, -0.1) is 0 Å². The van der Waals surface area contributed by atoms with Gasteiger partial charge in [-0.3, -0.25) is 9.79 Å². The molecule has 0 aliphatic heterocycles. The average Bonchev–Trinajstić information content (AvgIpc) is 2.34. The summed E-state index contributed by atoms with van der Waals surface area (Å²) in [6, 6.07) is 9.83. The van der Waals surface area contributed by atoms with Gasteiger partial charge in [-0.1, -0.05) is 36.8 Å². The number of nitrogens with zero attached hydrogens (tertiary/aromatic N) is 1. The number of benzene rings is 1. The Morgan fingerprint density at radius 1 is 1.06 bits per heavy atom. The predicted molar refractivity (Wildman–Crippen MR) is 74.3 cm³/mol. The van der Waals surface area contributed by atoms with Crippen molar-refractivity contribution in [1.29, 1.82) is 0 Å². The van der Waals surface area contributed by atoms with Crippen LogP contribution in [-0.2, 0) is 11.2 Å². The van der Waals surface area contributed by atoms with E-state index < -0.39 is 0 Å². The minimum atomic E-state index is 0.134. The van der Waals surface area contributed by atoms with Gasteiger partial charge in [-0.25, -0.2) is 0 Å². The molecule has 0 saturated carbocycles. The van der Waals surface area contributed by atoms with Gasteiger partial charge in [0, 0.05) is 19.4 Å². The molecule has 0 unspecified atom stereocenters. The highest BCUT2D eigenvalue weighted by molar-refractivity contribution is 5.80. The topological polar surface area (TPSA) is 81.5 Å². The van der Waals surface area contributed by atoms with Crippen LogP contribution in [-0.4, -0.2) is 18.3 Å². The molecule has 0 bridgehead atoms. The largest absolute Gasteiger partial charge is 0.370 e. The van der Waals surface area contributed by atoms with Gasteiger partial charge in [0.1, 0.15) is 5.78 Å². The second kappa shape index (κ2) is 8.28. The monoisotopic (exact) mass is 247 g/mol. The highest BCUT2D eigenvalue weighted by Crippen LogP contribution is 2.06. The lowest BCUT2D eigenvalue weighted by Gasteiger charge is -2.01. The Morgan fingerprint density at radius 2 is 1.78 bits per heavy atom. The van der Waals surface area contributed by atoms with E-state index in [0.29, 0.717) is 25.2 Å². The van der Waals surface area contributed by atoms with Gasteiger partial charge < -0.3 is 11.5 Å². The molecule has 0 amide bonds. The van der Waals surface area contributed by atoms with Crippen LogP contribution in [0.4, 0.5) is 0 Å². The van der Waals surface area contributed by atoms with Crippen LogP contribution >= 0.6 is 0 Å². The lowest BCUT2D eigenvalue weighted by Crippen LogP contribution is -2.22. The van der Waals surface area contributed by atoms with Crippen molar-refractivity contribution in [2.45, 2.75) is 32.1 Å². The number of Topliss-reactive ketones (excluding diaryl/α,β-unsaturated/α-hetero) is 1. The maximum Gasteiger partial charge on any atom is 0.185 e. The molecular formula is C14H21N3O. The van der Waals surface area contributed by atoms with Crippen LogP contribution in [0, 0.1) is 0 Å². The molecule has 0 radical (unpaired) electrons. The molecule has 4 N–H and O–H groups in total. The van der Waals surface area contributed by atoms with Crippen molar-refractivity contribution in [3.05, 3.63) is 35.9 Å². The van der Waals surface area contributed by atoms with Gasteiger partial charge >= 0.3 is 0 Å². The molecule has 18 heavy (non-hydrogen) atoms. The summed E-state index contributed by atoms with van der Waals surface area (Å²) in [5.41, 5.74) is 11.5. The maximum atomic E-state index is 11.7. The van der Waals surface area contributed by atoms with Crippen molar-refractivity contribution in [3.8, 4) is 0 Å². The van der Waals surface area contributed by atoms with Gasteiger partial charge in [-0.05, 0) is 18.4 Å². The minimum absolute atomic E-state index is 0.134. The fourth-order valence-corrected chi connectivity index (χ4v) is 1.73. The van der Waals surface area contributed by atoms with Gasteiger partial charge in [0.15, 0.2) is 5.96 Å². The third-order valence-corrected chi connectivity index (χ3v) is 2.65. The van der Waals surface area contributed by atoms with Crippen LogP contribution in [0.5, 0.6) is 0 Å². The molecule has 0 heterocycles. The summed E-state index contributed by atoms with van der Waals surface area (Å²) in [4.78, 5) is 15.6. The smallest absolute Gasteiger partial charge is 0.185 e. The maximum absolute atomic E-state index is 11.7. The first-order valence-corrected chi connectivity index (χ1v) is 6.29. The summed E-state index contributed by atoms with van der Waals surface area (Å²) in [6.45, 7) is 0.648. The summed E-state index contributed by atoms with van der Waals surface area (Å²) in [5, 5.41) is 0. The molecule has 0 aliphatic rings. The summed E-state index contributed by atoms with van der Waals surface area (Å²) in [6.07, 6.45) is 3.99. The Labute approximate surface area is 108 Å². The van der Waals surface area contributed by atoms with Gasteiger partial charge in [0.05, 0.1) is 0 Å². The lowest BCUT2D eigenvalue weighted by molar-refractivity contribution is -0.118. The quantitative estimate of drug-likeness (QED) is 0.416. The minimum Gasteiger partial charge on any atom is -0.370 e. The molecule has 1 aromatic carbocycles. The van der Waals surface area contributed by atoms with E-state index in [4.69, 9.17) is 11.5 Å². The predicted octanol–water partition coefficient (Wildman–Crippen LogP) is 1.63. The first-order chi connectivity index (χ1) is 8.68. The van der Waals surface area contributed by atoms with Crippen molar-refractivity contribution in [2.75, 3.05) is 6.54 Å². The van der Waals surface area contributed by atoms with Crippen LogP contribution in [0.3, 0.4) is 0 Å². The fraction of sp³-hybridized carbons (Fsp3) is 0.429. The van der Waals surface area contributed by atoms with E-state index in [-0.39, 0.29) is 5.96 Å². The van der Waals surface area contributed by atoms with Crippen molar-refractivity contribution >= 4 is 11.7 Å². The molecule has 0 aliphatic carbocycles. The molecule has 98 valence electrons. The molecule has 0 fully saturated rings. The highest BCUT2D eigenvalue weighted by atomic mass is 16.1. The number of hydrogen-bond acceptors (Lipinski definition) is 2. The second-order valence-electron chi connectivity index (χ2n) is 4.32. The molecule has 4 nitrogen and oxygen atoms in total. The van der Waals surface area contributed by atoms with E-state index in [0.717, 1.165) is 24.8 Å². The number of nitrogens with two attached hydrogens (primary N) is 2. The van der Waals surface area contributed by atoms with Gasteiger partial charge in [-0.2, -0.15) is 0 Å². The van der Waals surface area contributed by atoms with E-state index in [1.807, 2.05) is 30.3 Å². The van der Waals surface area contributed by atoms with E-state index >= 15 is 0 Å². The van der Waals surface area contributed by atoms with Crippen LogP contribution < -0.4 is 11.5 Å². The number of unbranched alkanes of at least 4 members (excludes halogenated alkanes) is 2. The number of carbonyl (C=O) groups excluding carboxylic acids is 1. The average molecular weight is 247 g/mol. The van der Waals surface area contributed by atoms with Gasteiger partial charge in [0.2, 0.25) is 0 Å². The van der Waals surface area contributed by atoms with Gasteiger partial charge in [0.25, 0.3) is 0 Å². The number of ketones is 1. The zero-order valence-electron chi connectivity index (χ0n) is 10.6. The first kappa shape index (κ1) is 14.2. The third kappa shape index (κ3) is 6.68. The van der Waals surface area contributed by atoms with Crippen molar-refractivity contribution in [2.24, 2.45) is 16.5 Å². The number of aliphatic imine (C=N–C) groups is 1. The molecule has 0 atom stereocenters. The number of carbonyl (C=O) groups is 1. The first-order valence-electron chi connectivity index (χ1n) is 6.29. The van der Waals surface area contributed by atoms with Crippen LogP contribution in [0.2, 0.25) is 0 Å².